The molecule has 89 heavy (non-hydrogen) atoms. The predicted octanol–water partition coefficient (Wildman–Crippen LogP) is 19.8. The summed E-state index contributed by atoms with van der Waals surface area (Å²) in [6, 6.07) is 0. The van der Waals surface area contributed by atoms with Gasteiger partial charge >= 0.3 is 39.5 Å². The second kappa shape index (κ2) is 61.0. The maximum absolute atomic E-state index is 13.0. The molecule has 0 bridgehead atoms. The highest BCUT2D eigenvalue weighted by Crippen LogP contribution is 2.45. The largest absolute Gasteiger partial charge is 0.472 e. The summed E-state index contributed by atoms with van der Waals surface area (Å²) in [5.74, 6) is 0.0486. The van der Waals surface area contributed by atoms with Crippen LogP contribution in [0.3, 0.4) is 0 Å². The molecule has 0 aromatic rings. The summed E-state index contributed by atoms with van der Waals surface area (Å²) in [5.41, 5.74) is 0. The highest BCUT2D eigenvalue weighted by Gasteiger charge is 2.30. The van der Waals surface area contributed by atoms with E-state index in [9.17, 15) is 43.2 Å². The van der Waals surface area contributed by atoms with Crippen LogP contribution in [0.2, 0.25) is 0 Å². The molecule has 0 spiro atoms. The topological polar surface area (TPSA) is 237 Å². The summed E-state index contributed by atoms with van der Waals surface area (Å²) in [4.78, 5) is 72.5. The van der Waals surface area contributed by atoms with Gasteiger partial charge in [0.25, 0.3) is 0 Å². The number of rotatable bonds is 68. The molecule has 0 rings (SSSR count). The van der Waals surface area contributed by atoms with E-state index in [4.69, 9.17) is 37.0 Å². The fourth-order valence-corrected chi connectivity index (χ4v) is 12.1. The number of hydrogen-bond acceptors (Lipinski definition) is 15. The van der Waals surface area contributed by atoms with Crippen molar-refractivity contribution in [3.63, 3.8) is 0 Å². The summed E-state index contributed by atoms with van der Waals surface area (Å²) < 4.78 is 68.2. The Hall–Kier alpha value is -1.94. The van der Waals surface area contributed by atoms with E-state index in [1.807, 2.05) is 0 Å². The van der Waals surface area contributed by atoms with E-state index in [0.29, 0.717) is 37.5 Å². The zero-order valence-corrected chi connectivity index (χ0v) is 59.7. The minimum atomic E-state index is -4.95. The van der Waals surface area contributed by atoms with Crippen molar-refractivity contribution in [2.75, 3.05) is 39.6 Å². The van der Waals surface area contributed by atoms with E-state index in [2.05, 4.69) is 48.5 Å². The van der Waals surface area contributed by atoms with Gasteiger partial charge in [-0.2, -0.15) is 0 Å². The van der Waals surface area contributed by atoms with Crippen LogP contribution in [0.15, 0.2) is 0 Å². The lowest BCUT2D eigenvalue weighted by atomic mass is 9.99. The molecule has 0 radical (unpaired) electrons. The summed E-state index contributed by atoms with van der Waals surface area (Å²) in [6.07, 6.45) is 44.6. The molecule has 0 saturated carbocycles. The van der Waals surface area contributed by atoms with E-state index < -0.39 is 97.5 Å². The molecule has 0 amide bonds. The number of phosphoric acid groups is 2. The lowest BCUT2D eigenvalue weighted by Gasteiger charge is -2.21. The molecule has 0 aliphatic carbocycles. The molecule has 6 atom stereocenters. The normalized spacial score (nSPS) is 14.5. The van der Waals surface area contributed by atoms with Gasteiger partial charge in [-0.1, -0.05) is 299 Å². The van der Waals surface area contributed by atoms with Gasteiger partial charge in [-0.05, 0) is 43.4 Å². The Bertz CT molecular complexity index is 1750. The van der Waals surface area contributed by atoms with Crippen LogP contribution in [-0.2, 0) is 65.4 Å². The monoisotopic (exact) mass is 1310 g/mol. The quantitative estimate of drug-likeness (QED) is 0.0222. The van der Waals surface area contributed by atoms with E-state index in [1.54, 1.807) is 0 Å². The average molecular weight is 1310 g/mol. The van der Waals surface area contributed by atoms with Crippen LogP contribution < -0.4 is 0 Å². The minimum Gasteiger partial charge on any atom is -0.462 e. The first-order valence-corrected chi connectivity index (χ1v) is 39.4. The molecule has 0 saturated heterocycles. The van der Waals surface area contributed by atoms with Gasteiger partial charge in [-0.15, -0.1) is 0 Å². The SMILES string of the molecule is CCCCCCCCCCCCCCCCCCCC(=O)O[C@H](COC(=O)CCCCCCCCCCC(C)CC)COP(=O)(O)OC[C@@H](O)COP(=O)(O)OC[C@@H](COC(=O)CCCCCCCCCC(C)C)OC(=O)CCCCCCCCCC(C)C. The van der Waals surface area contributed by atoms with Crippen molar-refractivity contribution in [3.8, 4) is 0 Å². The number of esters is 4. The van der Waals surface area contributed by atoms with Gasteiger partial charge in [-0.3, -0.25) is 37.3 Å². The van der Waals surface area contributed by atoms with Gasteiger partial charge in [0, 0.05) is 25.7 Å². The zero-order valence-electron chi connectivity index (χ0n) is 57.9. The molecule has 0 aromatic heterocycles. The van der Waals surface area contributed by atoms with Gasteiger partial charge in [-0.25, -0.2) is 9.13 Å². The Labute approximate surface area is 543 Å². The van der Waals surface area contributed by atoms with Crippen molar-refractivity contribution in [2.24, 2.45) is 17.8 Å². The van der Waals surface area contributed by atoms with Crippen LogP contribution in [0, 0.1) is 17.8 Å². The molecule has 0 aromatic carbocycles. The smallest absolute Gasteiger partial charge is 0.462 e. The maximum Gasteiger partial charge on any atom is 0.472 e. The summed E-state index contributed by atoms with van der Waals surface area (Å²) in [7, 11) is -9.90. The number of unbranched alkanes of at least 4 members (excludes halogenated alkanes) is 35. The van der Waals surface area contributed by atoms with Crippen molar-refractivity contribution >= 4 is 39.5 Å². The van der Waals surface area contributed by atoms with E-state index in [-0.39, 0.29) is 25.7 Å². The molecule has 3 unspecified atom stereocenters. The number of ether oxygens (including phenoxy) is 4. The third-order valence-corrected chi connectivity index (χ3v) is 18.4. The molecule has 0 aliphatic heterocycles. The molecule has 0 fully saturated rings. The zero-order chi connectivity index (χ0) is 65.9. The first-order chi connectivity index (χ1) is 42.8. The number of aliphatic hydroxyl groups excluding tert-OH is 1. The molecule has 0 heterocycles. The molecule has 17 nitrogen and oxygen atoms in total. The van der Waals surface area contributed by atoms with E-state index >= 15 is 0 Å². The second-order valence-corrected chi connectivity index (χ2v) is 29.4. The lowest BCUT2D eigenvalue weighted by Crippen LogP contribution is -2.30. The van der Waals surface area contributed by atoms with E-state index in [1.165, 1.54) is 154 Å². The summed E-state index contributed by atoms with van der Waals surface area (Å²) in [5, 5.41) is 10.6. The van der Waals surface area contributed by atoms with Gasteiger partial charge in [0.2, 0.25) is 0 Å². The Morgan fingerprint density at radius 2 is 0.573 bits per heavy atom. The predicted molar refractivity (Wildman–Crippen MR) is 358 cm³/mol. The van der Waals surface area contributed by atoms with Crippen molar-refractivity contribution in [1.82, 2.24) is 0 Å². The molecular formula is C70H136O17P2. The minimum absolute atomic E-state index is 0.102. The number of carbonyl (C=O) groups is 4. The van der Waals surface area contributed by atoms with Crippen LogP contribution in [0.5, 0.6) is 0 Å². The van der Waals surface area contributed by atoms with Crippen LogP contribution in [0.25, 0.3) is 0 Å². The summed E-state index contributed by atoms with van der Waals surface area (Å²) >= 11 is 0. The molecular weight excluding hydrogens is 1170 g/mol. The Kier molecular flexibility index (Phi) is 59.6. The highest BCUT2D eigenvalue weighted by atomic mass is 31.2. The van der Waals surface area contributed by atoms with Crippen molar-refractivity contribution in [1.29, 1.82) is 0 Å². The molecule has 0 aliphatic rings. The highest BCUT2D eigenvalue weighted by molar-refractivity contribution is 7.47. The fraction of sp³-hybridized carbons (Fsp3) is 0.943. The number of carbonyl (C=O) groups excluding carboxylic acids is 4. The maximum atomic E-state index is 13.0. The molecule has 528 valence electrons. The third kappa shape index (κ3) is 63.2. The van der Waals surface area contributed by atoms with Gasteiger partial charge in [0.15, 0.2) is 12.2 Å². The van der Waals surface area contributed by atoms with Crippen molar-refractivity contribution in [2.45, 2.75) is 369 Å². The number of phosphoric ester groups is 2. The van der Waals surface area contributed by atoms with Gasteiger partial charge in [0.1, 0.15) is 19.3 Å². The van der Waals surface area contributed by atoms with Crippen LogP contribution >= 0.6 is 15.6 Å². The third-order valence-electron chi connectivity index (χ3n) is 16.5. The average Bonchev–Trinajstić information content (AvgIpc) is 3.69. The lowest BCUT2D eigenvalue weighted by molar-refractivity contribution is -0.161. The Balaban J connectivity index is 5.23. The van der Waals surface area contributed by atoms with Gasteiger partial charge < -0.3 is 33.8 Å². The van der Waals surface area contributed by atoms with Crippen molar-refractivity contribution < 1.29 is 80.2 Å². The Morgan fingerprint density at radius 3 is 0.854 bits per heavy atom. The molecule has 19 heteroatoms. The van der Waals surface area contributed by atoms with Crippen molar-refractivity contribution in [3.05, 3.63) is 0 Å². The second-order valence-electron chi connectivity index (χ2n) is 26.5. The van der Waals surface area contributed by atoms with E-state index in [0.717, 1.165) is 102 Å². The molecule has 3 N–H and O–H groups in total. The first-order valence-electron chi connectivity index (χ1n) is 36.4. The standard InChI is InChI=1S/C70H136O17P2/c1-8-10-11-12-13-14-15-16-17-18-19-20-21-22-31-39-46-53-69(74)86-65(57-80-67(72)51-44-37-30-24-23-29-36-43-50-63(7)9-2)59-84-88(76,77)82-55-64(71)56-83-89(78,79)85-60-66(87-70(75)54-47-40-33-26-28-35-42-49-62(5)6)58-81-68(73)52-45-38-32-25-27-34-41-48-61(3)4/h61-66,71H,8-60H2,1-7H3,(H,76,77)(H,78,79)/t63?,64-,65-,66-/m1/s1. The number of hydrogen-bond donors (Lipinski definition) is 3. The fourth-order valence-electron chi connectivity index (χ4n) is 10.5. The van der Waals surface area contributed by atoms with Gasteiger partial charge in [0.05, 0.1) is 26.4 Å². The van der Waals surface area contributed by atoms with Crippen LogP contribution in [0.1, 0.15) is 350 Å². The van der Waals surface area contributed by atoms with Crippen LogP contribution in [0.4, 0.5) is 0 Å². The first kappa shape index (κ1) is 87.1. The summed E-state index contributed by atoms with van der Waals surface area (Å²) in [6.45, 7) is 11.7. The number of aliphatic hydroxyl groups is 1. The Morgan fingerprint density at radius 1 is 0.326 bits per heavy atom. The van der Waals surface area contributed by atoms with Crippen LogP contribution in [-0.4, -0.2) is 96.7 Å².